The lowest BCUT2D eigenvalue weighted by Gasteiger charge is -2.10. The fourth-order valence-electron chi connectivity index (χ4n) is 2.52. The van der Waals surface area contributed by atoms with Gasteiger partial charge in [0.05, 0.1) is 23.9 Å². The minimum atomic E-state index is 0.542. The quantitative estimate of drug-likeness (QED) is 0.870. The van der Waals surface area contributed by atoms with Crippen LogP contribution in [0, 0.1) is 18.3 Å². The van der Waals surface area contributed by atoms with E-state index in [2.05, 4.69) is 25.0 Å². The Bertz CT molecular complexity index is 698. The summed E-state index contributed by atoms with van der Waals surface area (Å²) in [7, 11) is 0. The van der Waals surface area contributed by atoms with Gasteiger partial charge >= 0.3 is 0 Å². The van der Waals surface area contributed by atoms with E-state index in [-0.39, 0.29) is 0 Å². The van der Waals surface area contributed by atoms with Gasteiger partial charge in [0.1, 0.15) is 11.4 Å². The molecule has 1 aromatic carbocycles. The monoisotopic (exact) mass is 328 g/mol. The number of benzene rings is 1. The predicted molar refractivity (Wildman–Crippen MR) is 97.4 cm³/mol. The van der Waals surface area contributed by atoms with E-state index in [4.69, 9.17) is 15.7 Å². The Kier molecular flexibility index (Phi) is 8.00. The highest BCUT2D eigenvalue weighted by Crippen LogP contribution is 2.31. The summed E-state index contributed by atoms with van der Waals surface area (Å²) in [5, 5.41) is 13.7. The number of ether oxygens (including phenoxy) is 1. The standard InChI is InChI=1S/C17H22N4O.C2H6/c1-4-15-17(16(5-2)21(20-15)7-6-18)22-14-9-12(3)8-13(10-14)11-19;1-2/h8-10H,4-7,18H2,1-3H3;1-2H3. The van der Waals surface area contributed by atoms with Crippen LogP contribution in [0.3, 0.4) is 0 Å². The van der Waals surface area contributed by atoms with Crippen LogP contribution in [0.1, 0.15) is 50.2 Å². The molecule has 5 nitrogen and oxygen atoms in total. The van der Waals surface area contributed by atoms with E-state index in [0.717, 1.165) is 35.5 Å². The number of hydrogen-bond acceptors (Lipinski definition) is 4. The normalized spacial score (nSPS) is 9.88. The number of nitrogens with two attached hydrogens (primary N) is 1. The Labute approximate surface area is 145 Å². The molecule has 0 aliphatic heterocycles. The maximum absolute atomic E-state index is 9.09. The summed E-state index contributed by atoms with van der Waals surface area (Å²) >= 11 is 0. The molecular formula is C19H28N4O. The van der Waals surface area contributed by atoms with Gasteiger partial charge in [-0.3, -0.25) is 4.68 Å². The summed E-state index contributed by atoms with van der Waals surface area (Å²) in [6.07, 6.45) is 1.61. The van der Waals surface area contributed by atoms with Crippen molar-refractivity contribution in [3.8, 4) is 17.6 Å². The van der Waals surface area contributed by atoms with Gasteiger partial charge in [-0.15, -0.1) is 0 Å². The highest BCUT2D eigenvalue weighted by molar-refractivity contribution is 5.44. The molecule has 0 fully saturated rings. The van der Waals surface area contributed by atoms with Crippen LogP contribution in [0.2, 0.25) is 0 Å². The molecule has 2 rings (SSSR count). The maximum Gasteiger partial charge on any atom is 0.171 e. The van der Waals surface area contributed by atoms with Crippen LogP contribution in [0.25, 0.3) is 0 Å². The fraction of sp³-hybridized carbons (Fsp3) is 0.474. The van der Waals surface area contributed by atoms with Gasteiger partial charge in [-0.25, -0.2) is 0 Å². The number of aryl methyl sites for hydroxylation is 2. The van der Waals surface area contributed by atoms with Crippen LogP contribution in [0.5, 0.6) is 11.5 Å². The van der Waals surface area contributed by atoms with Gasteiger partial charge < -0.3 is 10.5 Å². The summed E-state index contributed by atoms with van der Waals surface area (Å²) in [6.45, 7) is 11.3. The molecule has 0 unspecified atom stereocenters. The van der Waals surface area contributed by atoms with Crippen molar-refractivity contribution in [3.63, 3.8) is 0 Å². The maximum atomic E-state index is 9.09. The Hall–Kier alpha value is -2.32. The largest absolute Gasteiger partial charge is 0.453 e. The highest BCUT2D eigenvalue weighted by Gasteiger charge is 2.17. The van der Waals surface area contributed by atoms with E-state index in [1.54, 1.807) is 6.07 Å². The first-order chi connectivity index (χ1) is 11.6. The van der Waals surface area contributed by atoms with Crippen molar-refractivity contribution in [2.45, 2.75) is 54.0 Å². The first-order valence-electron chi connectivity index (χ1n) is 8.61. The van der Waals surface area contributed by atoms with Crippen LogP contribution in [0.4, 0.5) is 0 Å². The minimum Gasteiger partial charge on any atom is -0.453 e. The molecule has 2 aromatic rings. The summed E-state index contributed by atoms with van der Waals surface area (Å²) < 4.78 is 8.02. The van der Waals surface area contributed by atoms with Gasteiger partial charge in [0.15, 0.2) is 5.75 Å². The zero-order valence-corrected chi connectivity index (χ0v) is 15.4. The first kappa shape index (κ1) is 19.7. The number of nitriles is 1. The van der Waals surface area contributed by atoms with Gasteiger partial charge in [0.2, 0.25) is 0 Å². The molecule has 0 radical (unpaired) electrons. The van der Waals surface area contributed by atoms with E-state index >= 15 is 0 Å². The molecule has 0 atom stereocenters. The zero-order chi connectivity index (χ0) is 18.1. The SMILES string of the molecule is CC.CCc1nn(CCN)c(CC)c1Oc1cc(C)cc(C#N)c1. The smallest absolute Gasteiger partial charge is 0.171 e. The Morgan fingerprint density at radius 1 is 1.21 bits per heavy atom. The molecule has 0 spiro atoms. The van der Waals surface area contributed by atoms with Gasteiger partial charge in [-0.1, -0.05) is 27.7 Å². The molecule has 24 heavy (non-hydrogen) atoms. The molecule has 0 saturated carbocycles. The van der Waals surface area contributed by atoms with Crippen LogP contribution >= 0.6 is 0 Å². The third kappa shape index (κ3) is 4.59. The fourth-order valence-corrected chi connectivity index (χ4v) is 2.52. The molecule has 0 aliphatic rings. The minimum absolute atomic E-state index is 0.542. The lowest BCUT2D eigenvalue weighted by molar-refractivity contribution is 0.467. The topological polar surface area (TPSA) is 76.9 Å². The van der Waals surface area contributed by atoms with Gasteiger partial charge in [0.25, 0.3) is 0 Å². The van der Waals surface area contributed by atoms with Crippen molar-refractivity contribution in [1.82, 2.24) is 9.78 Å². The average Bonchev–Trinajstić information content (AvgIpc) is 2.92. The molecule has 1 heterocycles. The molecule has 0 aliphatic carbocycles. The van der Waals surface area contributed by atoms with Crippen molar-refractivity contribution in [2.24, 2.45) is 5.73 Å². The molecule has 0 saturated heterocycles. The van der Waals surface area contributed by atoms with E-state index in [1.807, 2.05) is 37.6 Å². The second-order valence-electron chi connectivity index (χ2n) is 5.19. The summed E-state index contributed by atoms with van der Waals surface area (Å²) in [6, 6.07) is 7.69. The van der Waals surface area contributed by atoms with Crippen LogP contribution < -0.4 is 10.5 Å². The summed E-state index contributed by atoms with van der Waals surface area (Å²) in [5.41, 5.74) is 9.22. The van der Waals surface area contributed by atoms with E-state index in [9.17, 15) is 0 Å². The van der Waals surface area contributed by atoms with Crippen molar-refractivity contribution in [1.29, 1.82) is 5.26 Å². The number of aromatic nitrogens is 2. The molecule has 5 heteroatoms. The van der Waals surface area contributed by atoms with Gasteiger partial charge in [-0.05, 0) is 43.5 Å². The third-order valence-corrected chi connectivity index (χ3v) is 3.49. The first-order valence-corrected chi connectivity index (χ1v) is 8.61. The zero-order valence-electron chi connectivity index (χ0n) is 15.4. The van der Waals surface area contributed by atoms with Crippen molar-refractivity contribution >= 4 is 0 Å². The van der Waals surface area contributed by atoms with E-state index in [0.29, 0.717) is 24.4 Å². The Morgan fingerprint density at radius 2 is 1.92 bits per heavy atom. The number of nitrogens with zero attached hydrogens (tertiary/aromatic N) is 3. The molecular weight excluding hydrogens is 300 g/mol. The van der Waals surface area contributed by atoms with Gasteiger partial charge in [-0.2, -0.15) is 10.4 Å². The molecule has 2 N–H and O–H groups in total. The number of hydrogen-bond donors (Lipinski definition) is 1. The lowest BCUT2D eigenvalue weighted by atomic mass is 10.1. The van der Waals surface area contributed by atoms with Crippen LogP contribution in [-0.2, 0) is 19.4 Å². The predicted octanol–water partition coefficient (Wildman–Crippen LogP) is 3.97. The van der Waals surface area contributed by atoms with Crippen molar-refractivity contribution in [2.75, 3.05) is 6.54 Å². The summed E-state index contributed by atoms with van der Waals surface area (Å²) in [4.78, 5) is 0. The molecule has 1 aromatic heterocycles. The number of rotatable bonds is 6. The molecule has 0 amide bonds. The van der Waals surface area contributed by atoms with Gasteiger partial charge in [0, 0.05) is 6.54 Å². The highest BCUT2D eigenvalue weighted by atomic mass is 16.5. The lowest BCUT2D eigenvalue weighted by Crippen LogP contribution is -2.13. The van der Waals surface area contributed by atoms with Crippen molar-refractivity contribution in [3.05, 3.63) is 40.7 Å². The Balaban J connectivity index is 0.00000139. The average molecular weight is 328 g/mol. The Morgan fingerprint density at radius 3 is 2.46 bits per heavy atom. The summed E-state index contributed by atoms with van der Waals surface area (Å²) in [5.74, 6) is 1.47. The second-order valence-corrected chi connectivity index (χ2v) is 5.19. The van der Waals surface area contributed by atoms with E-state index in [1.165, 1.54) is 0 Å². The van der Waals surface area contributed by atoms with Crippen LogP contribution in [0.15, 0.2) is 18.2 Å². The third-order valence-electron chi connectivity index (χ3n) is 3.49. The molecule has 0 bridgehead atoms. The van der Waals surface area contributed by atoms with Crippen LogP contribution in [-0.4, -0.2) is 16.3 Å². The van der Waals surface area contributed by atoms with E-state index < -0.39 is 0 Å². The van der Waals surface area contributed by atoms with Crippen molar-refractivity contribution < 1.29 is 4.74 Å². The molecule has 130 valence electrons. The second kappa shape index (κ2) is 9.74.